The van der Waals surface area contributed by atoms with Gasteiger partial charge in [-0.3, -0.25) is 4.79 Å². The lowest BCUT2D eigenvalue weighted by Gasteiger charge is -2.45. The van der Waals surface area contributed by atoms with Crippen LogP contribution in [0.15, 0.2) is 21.2 Å². The van der Waals surface area contributed by atoms with Crippen molar-refractivity contribution >= 4 is 21.8 Å². The van der Waals surface area contributed by atoms with Crippen molar-refractivity contribution < 1.29 is 9.21 Å². The molecule has 0 aromatic carbocycles. The molecule has 0 spiro atoms. The number of carbonyl (C=O) groups is 1. The van der Waals surface area contributed by atoms with E-state index < -0.39 is 0 Å². The second-order valence-corrected chi connectivity index (χ2v) is 6.63. The first-order chi connectivity index (χ1) is 9.15. The number of nitrogens with two attached hydrogens (primary N) is 1. The van der Waals surface area contributed by atoms with Crippen LogP contribution in [0.3, 0.4) is 0 Å². The van der Waals surface area contributed by atoms with E-state index in [4.69, 9.17) is 10.2 Å². The van der Waals surface area contributed by atoms with Gasteiger partial charge >= 0.3 is 0 Å². The molecule has 2 saturated carbocycles. The molecule has 1 aromatic heterocycles. The molecule has 3 rings (SSSR count). The van der Waals surface area contributed by atoms with Gasteiger partial charge < -0.3 is 15.5 Å². The molecule has 2 aliphatic carbocycles. The summed E-state index contributed by atoms with van der Waals surface area (Å²) in [7, 11) is 0. The Labute approximate surface area is 121 Å². The van der Waals surface area contributed by atoms with Crippen molar-refractivity contribution in [2.45, 2.75) is 44.2 Å². The van der Waals surface area contributed by atoms with Crippen LogP contribution in [0.25, 0.3) is 0 Å². The van der Waals surface area contributed by atoms with Crippen molar-refractivity contribution in [3.8, 4) is 0 Å². The van der Waals surface area contributed by atoms with E-state index in [0.717, 1.165) is 12.8 Å². The van der Waals surface area contributed by atoms with Gasteiger partial charge in [-0.05, 0) is 59.5 Å². The molecule has 5 heteroatoms. The molecule has 0 radical (unpaired) electrons. The molecule has 4 nitrogen and oxygen atoms in total. The average Bonchev–Trinajstić information content (AvgIpc) is 2.76. The van der Waals surface area contributed by atoms with E-state index in [1.54, 1.807) is 6.07 Å². The molecule has 1 amide bonds. The van der Waals surface area contributed by atoms with E-state index in [0.29, 0.717) is 28.1 Å². The molecule has 0 saturated heterocycles. The van der Waals surface area contributed by atoms with Crippen molar-refractivity contribution in [1.82, 2.24) is 5.32 Å². The van der Waals surface area contributed by atoms with Gasteiger partial charge in [-0.25, -0.2) is 0 Å². The first-order valence-electron chi connectivity index (χ1n) is 6.94. The summed E-state index contributed by atoms with van der Waals surface area (Å²) in [6.45, 7) is 0. The smallest absolute Gasteiger partial charge is 0.288 e. The van der Waals surface area contributed by atoms with Gasteiger partial charge in [0.25, 0.3) is 5.91 Å². The highest BCUT2D eigenvalue weighted by molar-refractivity contribution is 9.10. The Balaban J connectivity index is 1.72. The van der Waals surface area contributed by atoms with Crippen molar-refractivity contribution in [2.24, 2.45) is 17.6 Å². The molecule has 2 fully saturated rings. The lowest BCUT2D eigenvalue weighted by molar-refractivity contribution is 0.0731. The predicted octanol–water partition coefficient (Wildman–Crippen LogP) is 2.68. The van der Waals surface area contributed by atoms with Crippen LogP contribution in [0.1, 0.15) is 42.7 Å². The molecule has 1 aromatic rings. The van der Waals surface area contributed by atoms with Crippen LogP contribution >= 0.6 is 15.9 Å². The van der Waals surface area contributed by atoms with Gasteiger partial charge in [-0.1, -0.05) is 6.42 Å². The summed E-state index contributed by atoms with van der Waals surface area (Å²) in [6.07, 6.45) is 7.19. The van der Waals surface area contributed by atoms with Crippen LogP contribution in [0.2, 0.25) is 0 Å². The minimum atomic E-state index is -0.116. The second kappa shape index (κ2) is 5.29. The van der Waals surface area contributed by atoms with Gasteiger partial charge in [-0.15, -0.1) is 0 Å². The Morgan fingerprint density at radius 1 is 1.37 bits per heavy atom. The Bertz CT molecular complexity index is 460. The quantitative estimate of drug-likeness (QED) is 0.877. The van der Waals surface area contributed by atoms with Crippen LogP contribution in [0, 0.1) is 11.8 Å². The summed E-state index contributed by atoms with van der Waals surface area (Å²) in [5.41, 5.74) is 6.10. The summed E-state index contributed by atoms with van der Waals surface area (Å²) in [4.78, 5) is 12.2. The Hall–Kier alpha value is -0.810. The number of hydrogen-bond acceptors (Lipinski definition) is 3. The summed E-state index contributed by atoms with van der Waals surface area (Å²) in [6, 6.07) is 2.31. The maximum Gasteiger partial charge on any atom is 0.288 e. The number of amides is 1. The molecule has 2 bridgehead atoms. The molecule has 2 atom stereocenters. The topological polar surface area (TPSA) is 68.3 Å². The molecular formula is C14H19BrN2O2. The SMILES string of the molecule is NC1CC2CCCC(C1)C2NC(=O)c1occc1Br. The standard InChI is InChI=1S/C14H19BrN2O2/c15-11-4-5-19-13(11)14(18)17-12-8-2-1-3-9(12)7-10(16)6-8/h4-5,8-10,12H,1-3,6-7,16H2,(H,17,18). The fourth-order valence-electron chi connectivity index (χ4n) is 3.70. The molecular weight excluding hydrogens is 308 g/mol. The Kier molecular flexibility index (Phi) is 3.67. The summed E-state index contributed by atoms with van der Waals surface area (Å²) in [5, 5.41) is 3.17. The number of rotatable bonds is 2. The monoisotopic (exact) mass is 326 g/mol. The van der Waals surface area contributed by atoms with Crippen LogP contribution in [0.4, 0.5) is 0 Å². The normalized spacial score (nSPS) is 34.0. The van der Waals surface area contributed by atoms with Gasteiger partial charge in [0.1, 0.15) is 0 Å². The maximum atomic E-state index is 12.2. The third-order valence-corrected chi connectivity index (χ3v) is 5.12. The lowest BCUT2D eigenvalue weighted by Crippen LogP contribution is -2.53. The van der Waals surface area contributed by atoms with Gasteiger partial charge in [0, 0.05) is 12.1 Å². The van der Waals surface area contributed by atoms with Gasteiger partial charge in [0.05, 0.1) is 10.7 Å². The second-order valence-electron chi connectivity index (χ2n) is 5.78. The van der Waals surface area contributed by atoms with Gasteiger partial charge in [0.15, 0.2) is 0 Å². The maximum absolute atomic E-state index is 12.2. The molecule has 2 unspecified atom stereocenters. The van der Waals surface area contributed by atoms with Gasteiger partial charge in [-0.2, -0.15) is 0 Å². The van der Waals surface area contributed by atoms with Crippen molar-refractivity contribution in [2.75, 3.05) is 0 Å². The first kappa shape index (κ1) is 13.2. The fraction of sp³-hybridized carbons (Fsp3) is 0.643. The third kappa shape index (κ3) is 2.58. The Morgan fingerprint density at radius 3 is 2.63 bits per heavy atom. The minimum Gasteiger partial charge on any atom is -0.458 e. The number of furan rings is 1. The average molecular weight is 327 g/mol. The first-order valence-corrected chi connectivity index (χ1v) is 7.74. The summed E-state index contributed by atoms with van der Waals surface area (Å²) >= 11 is 3.33. The largest absolute Gasteiger partial charge is 0.458 e. The highest BCUT2D eigenvalue weighted by atomic mass is 79.9. The molecule has 2 aliphatic rings. The third-order valence-electron chi connectivity index (χ3n) is 4.50. The fourth-order valence-corrected chi connectivity index (χ4v) is 4.08. The summed E-state index contributed by atoms with van der Waals surface area (Å²) in [5.74, 6) is 1.31. The number of hydrogen-bond donors (Lipinski definition) is 2. The minimum absolute atomic E-state index is 0.116. The van der Waals surface area contributed by atoms with Crippen molar-refractivity contribution in [3.05, 3.63) is 22.6 Å². The molecule has 1 heterocycles. The van der Waals surface area contributed by atoms with E-state index in [2.05, 4.69) is 21.2 Å². The van der Waals surface area contributed by atoms with Crippen molar-refractivity contribution in [3.63, 3.8) is 0 Å². The van der Waals surface area contributed by atoms with Crippen LogP contribution < -0.4 is 11.1 Å². The van der Waals surface area contributed by atoms with E-state index in [1.165, 1.54) is 25.5 Å². The molecule has 19 heavy (non-hydrogen) atoms. The van der Waals surface area contributed by atoms with E-state index in [9.17, 15) is 4.79 Å². The zero-order valence-electron chi connectivity index (χ0n) is 10.8. The van der Waals surface area contributed by atoms with Crippen LogP contribution in [-0.2, 0) is 0 Å². The lowest BCUT2D eigenvalue weighted by atomic mass is 9.67. The van der Waals surface area contributed by atoms with Crippen LogP contribution in [0.5, 0.6) is 0 Å². The highest BCUT2D eigenvalue weighted by Crippen LogP contribution is 2.39. The molecule has 0 aliphatic heterocycles. The highest BCUT2D eigenvalue weighted by Gasteiger charge is 2.40. The number of nitrogens with one attached hydrogen (secondary N) is 1. The van der Waals surface area contributed by atoms with E-state index in [1.807, 2.05) is 0 Å². The zero-order valence-corrected chi connectivity index (χ0v) is 12.4. The Morgan fingerprint density at radius 2 is 2.05 bits per heavy atom. The predicted molar refractivity (Wildman–Crippen MR) is 75.7 cm³/mol. The van der Waals surface area contributed by atoms with Gasteiger partial charge in [0.2, 0.25) is 5.76 Å². The number of halogens is 1. The molecule has 3 N–H and O–H groups in total. The zero-order chi connectivity index (χ0) is 13.4. The van der Waals surface area contributed by atoms with E-state index >= 15 is 0 Å². The number of carbonyl (C=O) groups excluding carboxylic acids is 1. The van der Waals surface area contributed by atoms with Crippen LogP contribution in [-0.4, -0.2) is 18.0 Å². The molecule has 104 valence electrons. The van der Waals surface area contributed by atoms with Crippen molar-refractivity contribution in [1.29, 1.82) is 0 Å². The van der Waals surface area contributed by atoms with E-state index in [-0.39, 0.29) is 11.9 Å². The number of fused-ring (bicyclic) bond motifs is 2. The summed E-state index contributed by atoms with van der Waals surface area (Å²) < 4.78 is 5.94.